The third kappa shape index (κ3) is 34.2. The van der Waals surface area contributed by atoms with E-state index >= 15 is 0 Å². The lowest BCUT2D eigenvalue weighted by Gasteiger charge is -2.25. The van der Waals surface area contributed by atoms with Gasteiger partial charge in [0.05, 0.1) is 37.8 Å². The minimum atomic E-state index is -1.92. The summed E-state index contributed by atoms with van der Waals surface area (Å²) < 4.78 is 105. The third-order valence-electron chi connectivity index (χ3n) is 17.1. The molecule has 9 aromatic rings. The van der Waals surface area contributed by atoms with Crippen molar-refractivity contribution in [1.82, 2.24) is 16.0 Å². The average Bonchev–Trinajstić information content (AvgIpc) is 1.61. The van der Waals surface area contributed by atoms with Gasteiger partial charge in [-0.2, -0.15) is 0 Å². The minimum absolute atomic E-state index is 0.0214. The average molecular weight is 1820 g/mol. The van der Waals surface area contributed by atoms with Crippen LogP contribution in [-0.2, 0) is 11.3 Å². The summed E-state index contributed by atoms with van der Waals surface area (Å²) in [5, 5.41) is 59.2. The largest absolute Gasteiger partial charge is 0.396 e. The molecule has 0 saturated heterocycles. The van der Waals surface area contributed by atoms with E-state index in [0.29, 0.717) is 79.4 Å². The first-order valence-corrected chi connectivity index (χ1v) is 38.6. The number of nitro benzene ring substituents is 2. The molecule has 1 unspecified atom stereocenters. The molecule has 0 radical (unpaired) electrons. The Bertz CT molecular complexity index is 5770. The molecule has 3 atom stereocenters. The van der Waals surface area contributed by atoms with Gasteiger partial charge in [0, 0.05) is 138 Å². The number of halogens is 10. The van der Waals surface area contributed by atoms with Crippen molar-refractivity contribution in [1.29, 1.82) is 0 Å². The molecule has 2 aliphatic carbocycles. The Hall–Kier alpha value is -16.1. The van der Waals surface area contributed by atoms with Crippen molar-refractivity contribution < 1.29 is 69.3 Å². The van der Waals surface area contributed by atoms with Crippen molar-refractivity contribution in [3.05, 3.63) is 353 Å². The number of nitrogens with zero attached hydrogens (tertiary/aromatic N) is 24. The second kappa shape index (κ2) is 57.3. The van der Waals surface area contributed by atoms with Crippen molar-refractivity contribution in [2.24, 2.45) is 59.3 Å². The monoisotopic (exact) mass is 1820 g/mol. The zero-order valence-corrected chi connectivity index (χ0v) is 69.6. The maximum Gasteiger partial charge on any atom is 0.279 e. The van der Waals surface area contributed by atoms with E-state index in [4.69, 9.17) is 72.8 Å². The van der Waals surface area contributed by atoms with Gasteiger partial charge in [0.2, 0.25) is 5.91 Å². The highest BCUT2D eigenvalue weighted by molar-refractivity contribution is 6.38. The topological polar surface area (TPSA) is 581 Å². The molecule has 47 heteroatoms. The van der Waals surface area contributed by atoms with E-state index < -0.39 is 102 Å². The first-order chi connectivity index (χ1) is 62.0. The van der Waals surface area contributed by atoms with Gasteiger partial charge in [0.25, 0.3) is 29.1 Å². The van der Waals surface area contributed by atoms with Gasteiger partial charge in [0.15, 0.2) is 23.3 Å². The van der Waals surface area contributed by atoms with Crippen LogP contribution in [-0.4, -0.2) is 71.4 Å². The van der Waals surface area contributed by atoms with E-state index in [2.05, 4.69) is 105 Å². The fourth-order valence-corrected chi connectivity index (χ4v) is 11.5. The third-order valence-corrected chi connectivity index (χ3v) is 17.7. The van der Waals surface area contributed by atoms with Crippen LogP contribution in [0.15, 0.2) is 206 Å². The second-order valence-electron chi connectivity index (χ2n) is 25.6. The zero-order valence-electron chi connectivity index (χ0n) is 68.1. The van der Waals surface area contributed by atoms with Crippen LogP contribution in [0.3, 0.4) is 0 Å². The number of nitrogens with two attached hydrogens (primary N) is 1. The molecule has 129 heavy (non-hydrogen) atoms. The Labute approximate surface area is 737 Å². The van der Waals surface area contributed by atoms with Gasteiger partial charge in [-0.05, 0) is 173 Å². The lowest BCUT2D eigenvalue weighted by molar-refractivity contribution is -0.384. The number of hydrogen-bond acceptors (Lipinski definition) is 17. The SMILES string of the molecule is CCCNC(=O)c1c(F)c(F)c(N=[N+]=[N-])c(F)c1F.CCCNC(=O)c1cc(F)c(N=[N+]=[N-])c(F)c1.CCCNC(=O)c1ccc(N=[N+]=[N-])c([N+](=O)[O-])c1.NCCC(=O)N1Cc2ccccc2C#Cc2ccccc21.OCC1[C@H]2CCC#CCC[C@@H]12.[N-]=[N+]=Nc1c(Cl)cccc1Cl.[N-]=[N+]=Nc1c(F)cccc1F.[N-]=[N+]=Nc1ccc([N+](=O)[O-])cc1.[N-]=[N+]=Nc1ccccc1. The molecule has 3 aliphatic rings. The smallest absolute Gasteiger partial charge is 0.279 e. The number of hydrogen-bond donors (Lipinski definition) is 5. The Morgan fingerprint density at radius 1 is 0.496 bits per heavy atom. The van der Waals surface area contributed by atoms with Crippen LogP contribution in [0.1, 0.15) is 120 Å². The maximum atomic E-state index is 13.5. The first kappa shape index (κ1) is 105. The molecule has 0 spiro atoms. The summed E-state index contributed by atoms with van der Waals surface area (Å²) in [5.41, 5.74) is 62.4. The van der Waals surface area contributed by atoms with E-state index in [9.17, 15) is 74.5 Å². The highest BCUT2D eigenvalue weighted by Gasteiger charge is 2.48. The summed E-state index contributed by atoms with van der Waals surface area (Å²) in [5.74, 6) is 1.21. The number of carbonyl (C=O) groups excluding carboxylic acids is 4. The number of nitrogens with one attached hydrogen (secondary N) is 3. The number of para-hydroxylation sites is 1. The van der Waals surface area contributed by atoms with Gasteiger partial charge in [-0.1, -0.05) is 164 Å². The van der Waals surface area contributed by atoms with E-state index in [0.717, 1.165) is 83.8 Å². The van der Waals surface area contributed by atoms with Crippen molar-refractivity contribution >= 4 is 104 Å². The van der Waals surface area contributed by atoms with Crippen LogP contribution in [0.2, 0.25) is 10.0 Å². The van der Waals surface area contributed by atoms with Crippen LogP contribution in [0.4, 0.5) is 92.0 Å². The summed E-state index contributed by atoms with van der Waals surface area (Å²) >= 11 is 11.3. The van der Waals surface area contributed by atoms with Gasteiger partial charge in [0.1, 0.15) is 51.6 Å². The van der Waals surface area contributed by atoms with Gasteiger partial charge >= 0.3 is 0 Å². The molecule has 9 aromatic carbocycles. The highest BCUT2D eigenvalue weighted by Crippen LogP contribution is 2.52. The number of aliphatic hydroxyl groups is 1. The molecular formula is C82H74Cl2F8N28O9. The van der Waals surface area contributed by atoms with Crippen molar-refractivity contribution in [2.75, 3.05) is 37.7 Å². The molecule has 0 aromatic heterocycles. The van der Waals surface area contributed by atoms with Crippen LogP contribution >= 0.6 is 23.2 Å². The van der Waals surface area contributed by atoms with Gasteiger partial charge in [-0.15, -0.1) is 11.8 Å². The van der Waals surface area contributed by atoms with Gasteiger partial charge in [-0.25, -0.2) is 35.1 Å². The van der Waals surface area contributed by atoms with Crippen molar-refractivity contribution in [3.63, 3.8) is 0 Å². The van der Waals surface area contributed by atoms with Gasteiger partial charge in [-0.3, -0.25) is 39.4 Å². The molecule has 1 fully saturated rings. The molecule has 0 bridgehead atoms. The number of azide groups is 7. The number of rotatable bonds is 21. The van der Waals surface area contributed by atoms with Crippen LogP contribution in [0, 0.1) is 108 Å². The molecule has 1 heterocycles. The molecule has 6 N–H and O–H groups in total. The number of amides is 4. The standard InChI is InChI=1S/C18H16N2O.C10H8F4N4O.C10H10F2N4O.C10H11N5O3.C10H14O.C6H3Cl2N3.C6H3F2N3.C6H4N4O2.C6H5N3/c19-12-11-18(21)20-13-16-7-2-1-5-14(16)9-10-15-6-3-4-8-17(15)20;1-2-3-16-10(19)4-5(11)7(13)9(17-18-15)8(14)6(4)12;1-2-3-14-10(17)6-4-7(11)9(15-16-13)8(12)5-6;1-2-5-12-10(16)7-3-4-8(13-14-11)9(6-7)15(17)18;11-7-10-8-5-3-1-2-4-6-9(8)10;2*7-4-2-1-3-5(8)6(4)10-11-9;7-9-8-5-1-3-6(4-2-5)10(11)12;7-9-8-6-4-2-1-3-5-6/h1-8H,11-13,19H2;2-3H2,1H3,(H,16,19);4-5H,2-3H2,1H3,(H,14,17);3-4,6H,2,5H2,1H3,(H,12,16);8-11H,3-7H2;2*1-3H;1-4H;1-5H/t;;;;8-,9+,10?;;;;. The first-order valence-electron chi connectivity index (χ1n) is 37.8. The fourth-order valence-electron chi connectivity index (χ4n) is 11.0. The van der Waals surface area contributed by atoms with E-state index in [1.165, 1.54) is 55.3 Å². The van der Waals surface area contributed by atoms with Crippen LogP contribution < -0.4 is 26.6 Å². The summed E-state index contributed by atoms with van der Waals surface area (Å²) in [6.45, 7) is 7.70. The fraction of sp³-hybridized carbons (Fsp3) is 0.244. The Morgan fingerprint density at radius 2 is 0.938 bits per heavy atom. The summed E-state index contributed by atoms with van der Waals surface area (Å²) in [6.07, 6.45) is 6.85. The predicted molar refractivity (Wildman–Crippen MR) is 465 cm³/mol. The van der Waals surface area contributed by atoms with Gasteiger partial charge < -0.3 is 31.7 Å². The number of nitro groups is 2. The van der Waals surface area contributed by atoms with Crippen LogP contribution in [0.5, 0.6) is 0 Å². The summed E-state index contributed by atoms with van der Waals surface area (Å²) in [7, 11) is 0. The second-order valence-corrected chi connectivity index (χ2v) is 26.4. The predicted octanol–water partition coefficient (Wildman–Crippen LogP) is 24.8. The number of anilines is 1. The lowest BCUT2D eigenvalue weighted by Crippen LogP contribution is -2.33. The van der Waals surface area contributed by atoms with E-state index in [1.54, 1.807) is 42.2 Å². The molecule has 666 valence electrons. The number of fused-ring (bicyclic) bond motifs is 3. The number of benzene rings is 9. The molecular weight excluding hydrogens is 1740 g/mol. The molecule has 1 saturated carbocycles. The Morgan fingerprint density at radius 3 is 1.43 bits per heavy atom. The maximum absolute atomic E-state index is 13.5. The lowest BCUT2D eigenvalue weighted by atomic mass is 10.0. The normalized spacial score (nSPS) is 12.4. The van der Waals surface area contributed by atoms with Crippen LogP contribution in [0.25, 0.3) is 73.1 Å². The Kier molecular flexibility index (Phi) is 46.8. The summed E-state index contributed by atoms with van der Waals surface area (Å²) in [6, 6.07) is 43.6. The number of carbonyl (C=O) groups is 4. The zero-order chi connectivity index (χ0) is 95.3. The minimum Gasteiger partial charge on any atom is -0.396 e. The number of aliphatic hydroxyl groups excluding tert-OH is 1. The number of non-ortho nitro benzene ring substituents is 1. The molecule has 1 aliphatic heterocycles. The van der Waals surface area contributed by atoms with E-state index in [1.807, 2.05) is 85.5 Å². The Balaban J connectivity index is 0.000000308. The summed E-state index contributed by atoms with van der Waals surface area (Å²) in [4.78, 5) is 85.2. The highest BCUT2D eigenvalue weighted by atomic mass is 35.5. The quantitative estimate of drug-likeness (QED) is 0.00661. The van der Waals surface area contributed by atoms with E-state index in [-0.39, 0.29) is 40.6 Å². The molecule has 12 rings (SSSR count). The molecule has 37 nitrogen and oxygen atoms in total. The molecule has 4 amide bonds. The van der Waals surface area contributed by atoms with Crippen molar-refractivity contribution in [2.45, 2.75) is 78.7 Å². The van der Waals surface area contributed by atoms with Crippen molar-refractivity contribution in [3.8, 4) is 23.7 Å².